The Kier molecular flexibility index (Phi) is 4.75. The number of hydrogen-bond acceptors (Lipinski definition) is 3. The predicted molar refractivity (Wildman–Crippen MR) is 74.9 cm³/mol. The average Bonchev–Trinajstić information content (AvgIpc) is 2.36. The van der Waals surface area contributed by atoms with Gasteiger partial charge in [0.25, 0.3) is 0 Å². The van der Waals surface area contributed by atoms with Crippen molar-refractivity contribution in [2.24, 2.45) is 5.73 Å². The van der Waals surface area contributed by atoms with Crippen LogP contribution in [0.4, 0.5) is 0 Å². The van der Waals surface area contributed by atoms with Crippen LogP contribution in [0.3, 0.4) is 0 Å². The molecule has 0 bridgehead atoms. The number of benzene rings is 1. The van der Waals surface area contributed by atoms with E-state index in [9.17, 15) is 0 Å². The first-order valence-corrected chi connectivity index (χ1v) is 7.39. The molecule has 2 atom stereocenters. The van der Waals surface area contributed by atoms with E-state index in [-0.39, 0.29) is 0 Å². The maximum atomic E-state index is 5.68. The molecule has 3 heteroatoms. The van der Waals surface area contributed by atoms with Crippen molar-refractivity contribution in [2.75, 3.05) is 18.9 Å². The van der Waals surface area contributed by atoms with E-state index in [1.807, 2.05) is 17.8 Å². The summed E-state index contributed by atoms with van der Waals surface area (Å²) in [6.45, 7) is 3.91. The number of thioether (sulfide) groups is 1. The molecule has 0 aliphatic carbocycles. The minimum absolute atomic E-state index is 0.644. The number of hydrogen-bond donors (Lipinski definition) is 1. The molecule has 0 spiro atoms. The Labute approximate surface area is 108 Å². The molecule has 1 aromatic rings. The number of nitrogens with two attached hydrogens (primary N) is 1. The molecule has 0 radical (unpaired) electrons. The van der Waals surface area contributed by atoms with Crippen LogP contribution in [0.5, 0.6) is 5.75 Å². The average molecular weight is 251 g/mol. The van der Waals surface area contributed by atoms with Gasteiger partial charge in [0, 0.05) is 11.0 Å². The van der Waals surface area contributed by atoms with Gasteiger partial charge in [-0.2, -0.15) is 11.8 Å². The Bertz CT molecular complexity index is 356. The van der Waals surface area contributed by atoms with E-state index in [1.165, 1.54) is 11.3 Å². The fourth-order valence-corrected chi connectivity index (χ4v) is 3.40. The van der Waals surface area contributed by atoms with Crippen LogP contribution in [0, 0.1) is 0 Å². The largest absolute Gasteiger partial charge is 0.493 e. The Morgan fingerprint density at radius 1 is 1.47 bits per heavy atom. The SMILES string of the molecule is CC(CCN)SCC1CCOc2ccccc21. The highest BCUT2D eigenvalue weighted by atomic mass is 32.2. The van der Waals surface area contributed by atoms with E-state index in [1.54, 1.807) is 0 Å². The molecule has 0 aromatic heterocycles. The van der Waals surface area contributed by atoms with Gasteiger partial charge in [-0.15, -0.1) is 0 Å². The summed E-state index contributed by atoms with van der Waals surface area (Å²) >= 11 is 2.04. The molecule has 0 fully saturated rings. The maximum Gasteiger partial charge on any atom is 0.122 e. The first-order valence-electron chi connectivity index (χ1n) is 6.34. The molecule has 0 saturated heterocycles. The van der Waals surface area contributed by atoms with Gasteiger partial charge in [-0.25, -0.2) is 0 Å². The van der Waals surface area contributed by atoms with Gasteiger partial charge in [0.1, 0.15) is 5.75 Å². The number of ether oxygens (including phenoxy) is 1. The highest BCUT2D eigenvalue weighted by Crippen LogP contribution is 2.36. The summed E-state index contributed by atoms with van der Waals surface area (Å²) in [4.78, 5) is 0. The summed E-state index contributed by atoms with van der Waals surface area (Å²) in [7, 11) is 0. The summed E-state index contributed by atoms with van der Waals surface area (Å²) in [6.07, 6.45) is 2.24. The Morgan fingerprint density at radius 3 is 3.12 bits per heavy atom. The summed E-state index contributed by atoms with van der Waals surface area (Å²) in [5.41, 5.74) is 6.96. The monoisotopic (exact) mass is 251 g/mol. The van der Waals surface area contributed by atoms with Gasteiger partial charge < -0.3 is 10.5 Å². The summed E-state index contributed by atoms with van der Waals surface area (Å²) in [5, 5.41) is 0.662. The number of fused-ring (bicyclic) bond motifs is 1. The maximum absolute atomic E-state index is 5.68. The van der Waals surface area contributed by atoms with Crippen LogP contribution in [0.15, 0.2) is 24.3 Å². The van der Waals surface area contributed by atoms with Crippen LogP contribution in [0.2, 0.25) is 0 Å². The molecule has 1 heterocycles. The van der Waals surface area contributed by atoms with Gasteiger partial charge in [0.15, 0.2) is 0 Å². The standard InChI is InChI=1S/C14H21NOS/c1-11(6-8-15)17-10-12-7-9-16-14-5-3-2-4-13(12)14/h2-5,11-12H,6-10,15H2,1H3. The molecule has 0 saturated carbocycles. The molecule has 2 rings (SSSR count). The molecule has 94 valence electrons. The van der Waals surface area contributed by atoms with Gasteiger partial charge in [0.2, 0.25) is 0 Å². The second kappa shape index (κ2) is 6.31. The van der Waals surface area contributed by atoms with Crippen molar-refractivity contribution in [3.8, 4) is 5.75 Å². The molecular formula is C14H21NOS. The van der Waals surface area contributed by atoms with Gasteiger partial charge in [-0.1, -0.05) is 25.1 Å². The number of rotatable bonds is 5. The van der Waals surface area contributed by atoms with E-state index in [4.69, 9.17) is 10.5 Å². The minimum Gasteiger partial charge on any atom is -0.493 e. The van der Waals surface area contributed by atoms with Gasteiger partial charge >= 0.3 is 0 Å². The van der Waals surface area contributed by atoms with Gasteiger partial charge in [-0.3, -0.25) is 0 Å². The molecule has 2 unspecified atom stereocenters. The quantitative estimate of drug-likeness (QED) is 0.873. The first kappa shape index (κ1) is 12.8. The van der Waals surface area contributed by atoms with Crippen molar-refractivity contribution < 1.29 is 4.74 Å². The molecule has 17 heavy (non-hydrogen) atoms. The Morgan fingerprint density at radius 2 is 2.29 bits per heavy atom. The van der Waals surface area contributed by atoms with Crippen LogP contribution in [0.25, 0.3) is 0 Å². The van der Waals surface area contributed by atoms with Crippen molar-refractivity contribution in [1.29, 1.82) is 0 Å². The second-order valence-electron chi connectivity index (χ2n) is 4.59. The van der Waals surface area contributed by atoms with Crippen molar-refractivity contribution in [3.63, 3.8) is 0 Å². The van der Waals surface area contributed by atoms with Crippen LogP contribution < -0.4 is 10.5 Å². The van der Waals surface area contributed by atoms with Crippen LogP contribution in [-0.4, -0.2) is 24.2 Å². The normalized spacial score (nSPS) is 20.5. The van der Waals surface area contributed by atoms with E-state index in [2.05, 4.69) is 25.1 Å². The summed E-state index contributed by atoms with van der Waals surface area (Å²) < 4.78 is 5.68. The zero-order valence-electron chi connectivity index (χ0n) is 10.4. The number of para-hydroxylation sites is 1. The lowest BCUT2D eigenvalue weighted by atomic mass is 9.95. The van der Waals surface area contributed by atoms with Gasteiger partial charge in [0.05, 0.1) is 6.61 Å². The summed E-state index contributed by atoms with van der Waals surface area (Å²) in [5.74, 6) is 2.91. The van der Waals surface area contributed by atoms with Crippen molar-refractivity contribution in [2.45, 2.75) is 30.9 Å². The highest BCUT2D eigenvalue weighted by molar-refractivity contribution is 7.99. The fraction of sp³-hybridized carbons (Fsp3) is 0.571. The molecular weight excluding hydrogens is 230 g/mol. The molecule has 0 amide bonds. The molecule has 2 nitrogen and oxygen atoms in total. The van der Waals surface area contributed by atoms with E-state index in [0.717, 1.165) is 31.7 Å². The van der Waals surface area contributed by atoms with Crippen LogP contribution in [-0.2, 0) is 0 Å². The topological polar surface area (TPSA) is 35.2 Å². The summed E-state index contributed by atoms with van der Waals surface area (Å²) in [6, 6.07) is 8.43. The fourth-order valence-electron chi connectivity index (χ4n) is 2.19. The van der Waals surface area contributed by atoms with Crippen molar-refractivity contribution >= 4 is 11.8 Å². The molecule has 1 aliphatic rings. The Hall–Kier alpha value is -0.670. The second-order valence-corrected chi connectivity index (χ2v) is 6.06. The van der Waals surface area contributed by atoms with E-state index in [0.29, 0.717) is 11.2 Å². The Balaban J connectivity index is 1.94. The van der Waals surface area contributed by atoms with E-state index >= 15 is 0 Å². The molecule has 2 N–H and O–H groups in total. The van der Waals surface area contributed by atoms with E-state index < -0.39 is 0 Å². The molecule has 1 aromatic carbocycles. The predicted octanol–water partition coefficient (Wildman–Crippen LogP) is 3.02. The first-order chi connectivity index (χ1) is 8.31. The molecule has 1 aliphatic heterocycles. The van der Waals surface area contributed by atoms with Crippen molar-refractivity contribution in [1.82, 2.24) is 0 Å². The highest BCUT2D eigenvalue weighted by Gasteiger charge is 2.21. The minimum atomic E-state index is 0.644. The lowest BCUT2D eigenvalue weighted by Gasteiger charge is -2.26. The zero-order valence-corrected chi connectivity index (χ0v) is 11.2. The zero-order chi connectivity index (χ0) is 12.1. The smallest absolute Gasteiger partial charge is 0.122 e. The third-order valence-electron chi connectivity index (χ3n) is 3.24. The lowest BCUT2D eigenvalue weighted by Crippen LogP contribution is -2.17. The lowest BCUT2D eigenvalue weighted by molar-refractivity contribution is 0.273. The van der Waals surface area contributed by atoms with Gasteiger partial charge in [-0.05, 0) is 36.9 Å². The van der Waals surface area contributed by atoms with Crippen LogP contribution >= 0.6 is 11.8 Å². The third kappa shape index (κ3) is 3.39. The third-order valence-corrected chi connectivity index (χ3v) is 4.64. The van der Waals surface area contributed by atoms with Crippen molar-refractivity contribution in [3.05, 3.63) is 29.8 Å². The van der Waals surface area contributed by atoms with Crippen LogP contribution in [0.1, 0.15) is 31.2 Å².